The monoisotopic (exact) mass is 221 g/mol. The molecule has 1 heterocycles. The molecule has 0 radical (unpaired) electrons. The van der Waals surface area contributed by atoms with Crippen molar-refractivity contribution in [2.24, 2.45) is 0 Å². The van der Waals surface area contributed by atoms with Crippen molar-refractivity contribution in [3.05, 3.63) is 24.5 Å². The fourth-order valence-electron chi connectivity index (χ4n) is 1.74. The van der Waals surface area contributed by atoms with Crippen molar-refractivity contribution in [3.8, 4) is 5.75 Å². The lowest BCUT2D eigenvalue weighted by Gasteiger charge is -2.29. The van der Waals surface area contributed by atoms with Gasteiger partial charge in [-0.3, -0.25) is 4.98 Å². The number of nitrogens with zero attached hydrogens (tertiary/aromatic N) is 1. The molecule has 0 aliphatic rings. The summed E-state index contributed by atoms with van der Waals surface area (Å²) in [4.78, 5) is 4.07. The van der Waals surface area contributed by atoms with E-state index in [0.717, 1.165) is 18.6 Å². The molecule has 1 atom stereocenters. The molecule has 1 unspecified atom stereocenters. The van der Waals surface area contributed by atoms with Crippen LogP contribution in [0.1, 0.15) is 52.9 Å². The third kappa shape index (κ3) is 4.21. The van der Waals surface area contributed by atoms with Gasteiger partial charge >= 0.3 is 0 Å². The molecule has 16 heavy (non-hydrogen) atoms. The maximum absolute atomic E-state index is 6.04. The van der Waals surface area contributed by atoms with Gasteiger partial charge in [-0.1, -0.05) is 26.7 Å². The van der Waals surface area contributed by atoms with E-state index in [1.165, 1.54) is 19.3 Å². The van der Waals surface area contributed by atoms with Gasteiger partial charge in [0, 0.05) is 6.20 Å². The van der Waals surface area contributed by atoms with E-state index in [-0.39, 0.29) is 5.60 Å². The minimum atomic E-state index is -0.0434. The highest BCUT2D eigenvalue weighted by Crippen LogP contribution is 2.25. The molecular weight excluding hydrogens is 198 g/mol. The molecule has 0 saturated heterocycles. The molecule has 2 heteroatoms. The van der Waals surface area contributed by atoms with Crippen molar-refractivity contribution in [3.63, 3.8) is 0 Å². The van der Waals surface area contributed by atoms with Gasteiger partial charge in [0.15, 0.2) is 0 Å². The van der Waals surface area contributed by atoms with Crippen molar-refractivity contribution in [1.29, 1.82) is 0 Å². The van der Waals surface area contributed by atoms with E-state index in [9.17, 15) is 0 Å². The van der Waals surface area contributed by atoms with Crippen LogP contribution in [0.2, 0.25) is 0 Å². The highest BCUT2D eigenvalue weighted by Gasteiger charge is 2.23. The smallest absolute Gasteiger partial charge is 0.138 e. The van der Waals surface area contributed by atoms with Gasteiger partial charge in [-0.15, -0.1) is 0 Å². The fourth-order valence-corrected chi connectivity index (χ4v) is 1.74. The molecule has 90 valence electrons. The Labute approximate surface area is 99.0 Å². The Morgan fingerprint density at radius 1 is 1.31 bits per heavy atom. The van der Waals surface area contributed by atoms with Crippen LogP contribution in [0.3, 0.4) is 0 Å². The molecule has 0 fully saturated rings. The molecule has 0 amide bonds. The van der Waals surface area contributed by atoms with Gasteiger partial charge in [0.1, 0.15) is 11.4 Å². The van der Waals surface area contributed by atoms with E-state index in [2.05, 4.69) is 25.8 Å². The van der Waals surface area contributed by atoms with Crippen LogP contribution in [0.4, 0.5) is 0 Å². The summed E-state index contributed by atoms with van der Waals surface area (Å²) in [7, 11) is 0. The number of aromatic nitrogens is 1. The molecule has 0 aliphatic carbocycles. The zero-order valence-electron chi connectivity index (χ0n) is 10.7. The minimum absolute atomic E-state index is 0.0434. The van der Waals surface area contributed by atoms with Crippen molar-refractivity contribution in [1.82, 2.24) is 4.98 Å². The SMILES string of the molecule is CCCCCC(C)(CC)Oc1cccnc1. The van der Waals surface area contributed by atoms with E-state index < -0.39 is 0 Å². The number of hydrogen-bond donors (Lipinski definition) is 0. The number of hydrogen-bond acceptors (Lipinski definition) is 2. The number of unbranched alkanes of at least 4 members (excludes halogenated alkanes) is 2. The molecule has 0 N–H and O–H groups in total. The summed E-state index contributed by atoms with van der Waals surface area (Å²) in [5, 5.41) is 0. The van der Waals surface area contributed by atoms with Crippen LogP contribution >= 0.6 is 0 Å². The Morgan fingerprint density at radius 3 is 2.69 bits per heavy atom. The van der Waals surface area contributed by atoms with Gasteiger partial charge in [-0.25, -0.2) is 0 Å². The molecule has 1 rings (SSSR count). The molecule has 0 saturated carbocycles. The van der Waals surface area contributed by atoms with Gasteiger partial charge < -0.3 is 4.74 Å². The maximum Gasteiger partial charge on any atom is 0.138 e. The number of ether oxygens (including phenoxy) is 1. The lowest BCUT2D eigenvalue weighted by atomic mass is 9.95. The second kappa shape index (κ2) is 6.51. The van der Waals surface area contributed by atoms with Gasteiger partial charge in [0.2, 0.25) is 0 Å². The van der Waals surface area contributed by atoms with Gasteiger partial charge in [-0.05, 0) is 38.3 Å². The molecule has 0 aliphatic heterocycles. The first kappa shape index (κ1) is 13.0. The Kier molecular flexibility index (Phi) is 5.30. The summed E-state index contributed by atoms with van der Waals surface area (Å²) in [6.45, 7) is 6.60. The molecular formula is C14H23NO. The molecule has 0 spiro atoms. The summed E-state index contributed by atoms with van der Waals surface area (Å²) in [6, 6.07) is 3.89. The standard InChI is InChI=1S/C14H23NO/c1-4-6-7-10-14(3,5-2)16-13-9-8-11-15-12-13/h8-9,11-12H,4-7,10H2,1-3H3. The lowest BCUT2D eigenvalue weighted by molar-refractivity contribution is 0.0716. The Morgan fingerprint density at radius 2 is 2.12 bits per heavy atom. The highest BCUT2D eigenvalue weighted by molar-refractivity contribution is 5.16. The zero-order valence-corrected chi connectivity index (χ0v) is 10.7. The van der Waals surface area contributed by atoms with E-state index in [4.69, 9.17) is 4.74 Å². The largest absolute Gasteiger partial charge is 0.486 e. The van der Waals surface area contributed by atoms with Crippen molar-refractivity contribution in [2.75, 3.05) is 0 Å². The summed E-state index contributed by atoms with van der Waals surface area (Å²) in [5.41, 5.74) is -0.0434. The van der Waals surface area contributed by atoms with Crippen LogP contribution in [-0.2, 0) is 0 Å². The minimum Gasteiger partial charge on any atom is -0.486 e. The normalized spacial score (nSPS) is 14.4. The van der Waals surface area contributed by atoms with Crippen LogP contribution in [0.5, 0.6) is 5.75 Å². The van der Waals surface area contributed by atoms with Gasteiger partial charge in [-0.2, -0.15) is 0 Å². The van der Waals surface area contributed by atoms with Gasteiger partial charge in [0.05, 0.1) is 6.20 Å². The Bertz CT molecular complexity index is 286. The van der Waals surface area contributed by atoms with Crippen molar-refractivity contribution < 1.29 is 4.74 Å². The van der Waals surface area contributed by atoms with Crippen LogP contribution in [0.15, 0.2) is 24.5 Å². The quantitative estimate of drug-likeness (QED) is 0.643. The first-order valence-corrected chi connectivity index (χ1v) is 6.29. The molecule has 1 aromatic rings. The van der Waals surface area contributed by atoms with E-state index in [1.807, 2.05) is 12.1 Å². The van der Waals surface area contributed by atoms with Gasteiger partial charge in [0.25, 0.3) is 0 Å². The summed E-state index contributed by atoms with van der Waals surface area (Å²) >= 11 is 0. The predicted octanol–water partition coefficient (Wildman–Crippen LogP) is 4.21. The predicted molar refractivity (Wildman–Crippen MR) is 67.7 cm³/mol. The first-order valence-electron chi connectivity index (χ1n) is 6.29. The van der Waals surface area contributed by atoms with Crippen molar-refractivity contribution >= 4 is 0 Å². The van der Waals surface area contributed by atoms with Crippen LogP contribution in [-0.4, -0.2) is 10.6 Å². The first-order chi connectivity index (χ1) is 7.70. The lowest BCUT2D eigenvalue weighted by Crippen LogP contribution is -2.31. The van der Waals surface area contributed by atoms with Crippen LogP contribution in [0.25, 0.3) is 0 Å². The Hall–Kier alpha value is -1.05. The third-order valence-corrected chi connectivity index (χ3v) is 3.06. The average Bonchev–Trinajstić information content (AvgIpc) is 2.31. The van der Waals surface area contributed by atoms with E-state index >= 15 is 0 Å². The van der Waals surface area contributed by atoms with E-state index in [1.54, 1.807) is 12.4 Å². The molecule has 2 nitrogen and oxygen atoms in total. The Balaban J connectivity index is 2.52. The topological polar surface area (TPSA) is 22.1 Å². The van der Waals surface area contributed by atoms with E-state index in [0.29, 0.717) is 0 Å². The number of pyridine rings is 1. The third-order valence-electron chi connectivity index (χ3n) is 3.06. The summed E-state index contributed by atoms with van der Waals surface area (Å²) in [6.07, 6.45) is 9.48. The maximum atomic E-state index is 6.04. The second-order valence-electron chi connectivity index (χ2n) is 4.55. The highest BCUT2D eigenvalue weighted by atomic mass is 16.5. The summed E-state index contributed by atoms with van der Waals surface area (Å²) < 4.78 is 6.04. The fraction of sp³-hybridized carbons (Fsp3) is 0.643. The van der Waals surface area contributed by atoms with Crippen LogP contribution in [0, 0.1) is 0 Å². The number of rotatable bonds is 7. The van der Waals surface area contributed by atoms with Crippen LogP contribution < -0.4 is 4.74 Å². The van der Waals surface area contributed by atoms with Crippen molar-refractivity contribution in [2.45, 2.75) is 58.5 Å². The zero-order chi connectivity index (χ0) is 11.9. The summed E-state index contributed by atoms with van der Waals surface area (Å²) in [5.74, 6) is 0.878. The molecule has 0 aromatic carbocycles. The second-order valence-corrected chi connectivity index (χ2v) is 4.55. The molecule has 0 bridgehead atoms. The average molecular weight is 221 g/mol. The molecule has 1 aromatic heterocycles.